The number of nitrogens with one attached hydrogen (secondary N) is 1. The van der Waals surface area contributed by atoms with E-state index in [-0.39, 0.29) is 5.92 Å². The first-order valence-corrected chi connectivity index (χ1v) is 11.5. The van der Waals surface area contributed by atoms with E-state index in [1.54, 1.807) is 18.0 Å². The highest BCUT2D eigenvalue weighted by Crippen LogP contribution is 2.35. The molecule has 6 rings (SSSR count). The van der Waals surface area contributed by atoms with E-state index in [0.29, 0.717) is 0 Å². The summed E-state index contributed by atoms with van der Waals surface area (Å²) in [6.07, 6.45) is 4.46. The molecule has 9 heteroatoms. The van der Waals surface area contributed by atoms with E-state index in [1.807, 2.05) is 43.6 Å². The quantitative estimate of drug-likeness (QED) is 0.404. The van der Waals surface area contributed by atoms with E-state index in [0.717, 1.165) is 58.8 Å². The molecule has 176 valence electrons. The van der Waals surface area contributed by atoms with Crippen molar-refractivity contribution in [3.8, 4) is 16.9 Å². The van der Waals surface area contributed by atoms with Gasteiger partial charge in [-0.3, -0.25) is 9.08 Å². The van der Waals surface area contributed by atoms with Crippen molar-refractivity contribution in [3.05, 3.63) is 78.4 Å². The number of ether oxygens (including phenoxy) is 1. The second kappa shape index (κ2) is 8.43. The number of hydrogen-bond acceptors (Lipinski definition) is 7. The Morgan fingerprint density at radius 3 is 2.60 bits per heavy atom. The van der Waals surface area contributed by atoms with Crippen LogP contribution in [0.25, 0.3) is 16.8 Å². The van der Waals surface area contributed by atoms with Gasteiger partial charge in [0.2, 0.25) is 0 Å². The summed E-state index contributed by atoms with van der Waals surface area (Å²) in [5, 5.41) is 16.7. The van der Waals surface area contributed by atoms with Gasteiger partial charge >= 0.3 is 0 Å². The highest BCUT2D eigenvalue weighted by atomic mass is 16.5. The van der Waals surface area contributed by atoms with E-state index < -0.39 is 0 Å². The number of pyridine rings is 2. The number of anilines is 3. The molecule has 0 aliphatic carbocycles. The molecule has 9 nitrogen and oxygen atoms in total. The summed E-state index contributed by atoms with van der Waals surface area (Å²) in [5.41, 5.74) is 4.23. The molecule has 0 saturated heterocycles. The molecule has 0 amide bonds. The maximum atomic E-state index is 5.30. The fraction of sp³-hybridized carbons (Fsp3) is 0.231. The molecule has 1 aromatic carbocycles. The van der Waals surface area contributed by atoms with Crippen LogP contribution < -0.4 is 15.0 Å². The summed E-state index contributed by atoms with van der Waals surface area (Å²) in [7, 11) is 5.71. The standard InChI is InChI=1S/C26H26N8O/c1-32-16-20(12-17-4-6-21(35-3)7-5-17)26-31-30-24-14-19(15-25(32)34(24)26)18-8-10-27-22(13-18)29-23-9-11-28-33(23)2/h4-11,13-15,20H,12,16H2,1-3H3,(H,27,29)/t20-/m0/s1. The van der Waals surface area contributed by atoms with Gasteiger partial charge in [0.15, 0.2) is 5.65 Å². The van der Waals surface area contributed by atoms with Crippen LogP contribution in [0.1, 0.15) is 17.3 Å². The normalized spacial score (nSPS) is 14.9. The molecule has 1 N–H and O–H groups in total. The molecule has 1 atom stereocenters. The van der Waals surface area contributed by atoms with E-state index in [9.17, 15) is 0 Å². The lowest BCUT2D eigenvalue weighted by atomic mass is 9.96. The Morgan fingerprint density at radius 2 is 1.83 bits per heavy atom. The van der Waals surface area contributed by atoms with Crippen molar-refractivity contribution >= 4 is 23.1 Å². The molecule has 0 saturated carbocycles. The van der Waals surface area contributed by atoms with E-state index >= 15 is 0 Å². The molecule has 0 spiro atoms. The van der Waals surface area contributed by atoms with Crippen molar-refractivity contribution in [2.45, 2.75) is 12.3 Å². The van der Waals surface area contributed by atoms with Crippen molar-refractivity contribution in [2.75, 3.05) is 30.9 Å². The second-order valence-corrected chi connectivity index (χ2v) is 8.88. The van der Waals surface area contributed by atoms with E-state index in [4.69, 9.17) is 4.74 Å². The molecule has 1 aliphatic rings. The molecule has 1 aliphatic heterocycles. The van der Waals surface area contributed by atoms with Crippen LogP contribution >= 0.6 is 0 Å². The van der Waals surface area contributed by atoms with Crippen LogP contribution in [0.3, 0.4) is 0 Å². The smallest absolute Gasteiger partial charge is 0.163 e. The molecule has 0 radical (unpaired) electrons. The summed E-state index contributed by atoms with van der Waals surface area (Å²) in [5.74, 6) is 4.84. The highest BCUT2D eigenvalue weighted by Gasteiger charge is 2.28. The first-order valence-electron chi connectivity index (χ1n) is 11.5. The Labute approximate surface area is 203 Å². The first kappa shape index (κ1) is 21.2. The Morgan fingerprint density at radius 1 is 0.971 bits per heavy atom. The van der Waals surface area contributed by atoms with Crippen LogP contribution in [-0.2, 0) is 13.5 Å². The Hall–Kier alpha value is -4.40. The third-order valence-corrected chi connectivity index (χ3v) is 6.57. The maximum Gasteiger partial charge on any atom is 0.163 e. The molecule has 4 aromatic heterocycles. The number of hydrogen-bond donors (Lipinski definition) is 1. The third-order valence-electron chi connectivity index (χ3n) is 6.57. The topological polar surface area (TPSA) is 85.4 Å². The summed E-state index contributed by atoms with van der Waals surface area (Å²) in [6.45, 7) is 0.868. The van der Waals surface area contributed by atoms with Crippen LogP contribution in [0.5, 0.6) is 5.75 Å². The van der Waals surface area contributed by atoms with Gasteiger partial charge in [-0.15, -0.1) is 10.2 Å². The minimum Gasteiger partial charge on any atom is -0.497 e. The van der Waals surface area contributed by atoms with Crippen LogP contribution in [0.15, 0.2) is 67.0 Å². The summed E-state index contributed by atoms with van der Waals surface area (Å²) >= 11 is 0. The van der Waals surface area contributed by atoms with Crippen LogP contribution in [-0.4, -0.2) is 50.1 Å². The average molecular weight is 467 g/mol. The Balaban J connectivity index is 1.33. The minimum absolute atomic E-state index is 0.248. The molecule has 35 heavy (non-hydrogen) atoms. The molecule has 5 heterocycles. The largest absolute Gasteiger partial charge is 0.497 e. The average Bonchev–Trinajstić information content (AvgIpc) is 3.49. The Kier molecular flexibility index (Phi) is 5.09. The third kappa shape index (κ3) is 3.84. The van der Waals surface area contributed by atoms with Gasteiger partial charge in [0, 0.05) is 38.8 Å². The molecule has 0 bridgehead atoms. The number of aryl methyl sites for hydroxylation is 1. The summed E-state index contributed by atoms with van der Waals surface area (Å²) in [4.78, 5) is 6.76. The van der Waals surface area contributed by atoms with Crippen LogP contribution in [0.4, 0.5) is 17.5 Å². The lowest BCUT2D eigenvalue weighted by Gasteiger charge is -2.31. The molecule has 0 fully saturated rings. The van der Waals surface area contributed by atoms with Crippen molar-refractivity contribution in [3.63, 3.8) is 0 Å². The van der Waals surface area contributed by atoms with Crippen LogP contribution in [0.2, 0.25) is 0 Å². The lowest BCUT2D eigenvalue weighted by Crippen LogP contribution is -2.32. The van der Waals surface area contributed by atoms with Crippen molar-refractivity contribution < 1.29 is 4.74 Å². The second-order valence-electron chi connectivity index (χ2n) is 8.88. The van der Waals surface area contributed by atoms with E-state index in [1.165, 1.54) is 5.56 Å². The van der Waals surface area contributed by atoms with Gasteiger partial charge in [-0.05, 0) is 59.5 Å². The Bertz CT molecular complexity index is 1500. The molecular weight excluding hydrogens is 440 g/mol. The number of rotatable bonds is 6. The fourth-order valence-electron chi connectivity index (χ4n) is 4.75. The number of likely N-dealkylation sites (N-methyl/N-ethyl adjacent to an activating group) is 1. The predicted molar refractivity (Wildman–Crippen MR) is 135 cm³/mol. The lowest BCUT2D eigenvalue weighted by molar-refractivity contribution is 0.414. The van der Waals surface area contributed by atoms with Crippen molar-refractivity contribution in [1.29, 1.82) is 0 Å². The summed E-state index contributed by atoms with van der Waals surface area (Å²) in [6, 6.07) is 18.5. The number of methoxy groups -OCH3 is 1. The van der Waals surface area contributed by atoms with Gasteiger partial charge in [-0.2, -0.15) is 5.10 Å². The molecule has 5 aromatic rings. The van der Waals surface area contributed by atoms with Gasteiger partial charge in [0.05, 0.1) is 13.3 Å². The number of aromatic nitrogens is 6. The summed E-state index contributed by atoms with van der Waals surface area (Å²) < 4.78 is 9.25. The monoisotopic (exact) mass is 466 g/mol. The maximum absolute atomic E-state index is 5.30. The predicted octanol–water partition coefficient (Wildman–Crippen LogP) is 4.05. The zero-order valence-corrected chi connectivity index (χ0v) is 19.9. The van der Waals surface area contributed by atoms with Gasteiger partial charge in [-0.1, -0.05) is 12.1 Å². The highest BCUT2D eigenvalue weighted by molar-refractivity contribution is 5.75. The molecular formula is C26H26N8O. The van der Waals surface area contributed by atoms with Gasteiger partial charge in [0.1, 0.15) is 29.0 Å². The first-order chi connectivity index (χ1) is 17.1. The van der Waals surface area contributed by atoms with Gasteiger partial charge < -0.3 is 15.0 Å². The van der Waals surface area contributed by atoms with E-state index in [2.05, 4.69) is 66.2 Å². The number of benzene rings is 1. The van der Waals surface area contributed by atoms with Crippen molar-refractivity contribution in [1.82, 2.24) is 29.4 Å². The zero-order valence-electron chi connectivity index (χ0n) is 19.9. The van der Waals surface area contributed by atoms with Gasteiger partial charge in [-0.25, -0.2) is 4.98 Å². The van der Waals surface area contributed by atoms with Crippen LogP contribution in [0, 0.1) is 0 Å². The molecule has 0 unspecified atom stereocenters. The van der Waals surface area contributed by atoms with Crippen molar-refractivity contribution in [2.24, 2.45) is 7.05 Å². The fourth-order valence-corrected chi connectivity index (χ4v) is 4.75. The minimum atomic E-state index is 0.248. The SMILES string of the molecule is COc1ccc(C[C@H]2CN(C)c3cc(-c4ccnc(Nc5ccnn5C)c4)cc4nnc2n34)cc1. The zero-order chi connectivity index (χ0) is 23.9. The number of nitrogens with zero attached hydrogens (tertiary/aromatic N) is 7. The van der Waals surface area contributed by atoms with Gasteiger partial charge in [0.25, 0.3) is 0 Å².